The number of carbonyl (C=O) groups excluding carboxylic acids is 1. The van der Waals surface area contributed by atoms with Crippen molar-refractivity contribution >= 4 is 6.09 Å². The number of benzene rings is 1. The maximum absolute atomic E-state index is 14.0. The molecule has 0 saturated carbocycles. The van der Waals surface area contributed by atoms with Crippen molar-refractivity contribution in [2.45, 2.75) is 59.2 Å². The van der Waals surface area contributed by atoms with E-state index in [0.717, 1.165) is 6.07 Å². The van der Waals surface area contributed by atoms with Crippen molar-refractivity contribution in [3.8, 4) is 6.07 Å². The highest BCUT2D eigenvalue weighted by Gasteiger charge is 2.31. The lowest BCUT2D eigenvalue weighted by molar-refractivity contribution is 0.00721. The van der Waals surface area contributed by atoms with E-state index in [9.17, 15) is 14.3 Å². The van der Waals surface area contributed by atoms with Crippen LogP contribution in [0.15, 0.2) is 18.2 Å². The highest BCUT2D eigenvalue weighted by molar-refractivity contribution is 5.68. The normalized spacial score (nSPS) is 16.2. The average molecular weight is 364 g/mol. The molecule has 144 valence electrons. The Morgan fingerprint density at radius 1 is 1.35 bits per heavy atom. The van der Waals surface area contributed by atoms with Gasteiger partial charge in [-0.05, 0) is 51.7 Å². The Bertz CT molecular complexity index is 641. The number of aliphatic hydroxyl groups is 1. The van der Waals surface area contributed by atoms with E-state index in [1.54, 1.807) is 4.90 Å². The molecule has 1 amide bonds. The molecule has 2 rings (SSSR count). The number of nitriles is 1. The van der Waals surface area contributed by atoms with Crippen molar-refractivity contribution in [1.82, 2.24) is 4.90 Å². The number of amides is 1. The van der Waals surface area contributed by atoms with Gasteiger partial charge in [0.2, 0.25) is 0 Å². The molecular weight excluding hydrogens is 335 g/mol. The van der Waals surface area contributed by atoms with Crippen LogP contribution in [-0.2, 0) is 4.74 Å². The van der Waals surface area contributed by atoms with Crippen LogP contribution in [0.2, 0.25) is 0 Å². The second-order valence-electron chi connectivity index (χ2n) is 7.10. The molecule has 1 unspecified atom stereocenters. The zero-order valence-corrected chi connectivity index (χ0v) is 16.3. The molecule has 1 aromatic carbocycles. The van der Waals surface area contributed by atoms with Crippen LogP contribution in [0.5, 0.6) is 0 Å². The van der Waals surface area contributed by atoms with Crippen LogP contribution in [0.25, 0.3) is 0 Å². The Morgan fingerprint density at radius 2 is 1.92 bits per heavy atom. The summed E-state index contributed by atoms with van der Waals surface area (Å²) >= 11 is 0. The summed E-state index contributed by atoms with van der Waals surface area (Å²) < 4.78 is 19.4. The first-order chi connectivity index (χ1) is 12.2. The van der Waals surface area contributed by atoms with Crippen LogP contribution in [0.3, 0.4) is 0 Å². The van der Waals surface area contributed by atoms with Gasteiger partial charge in [-0.2, -0.15) is 5.26 Å². The first-order valence-corrected chi connectivity index (χ1v) is 9.07. The lowest BCUT2D eigenvalue weighted by Crippen LogP contribution is -2.42. The molecule has 0 aliphatic carbocycles. The molecule has 26 heavy (non-hydrogen) atoms. The zero-order chi connectivity index (χ0) is 19.9. The van der Waals surface area contributed by atoms with E-state index in [1.165, 1.54) is 12.1 Å². The lowest BCUT2D eigenvalue weighted by Gasteiger charge is -2.35. The smallest absolute Gasteiger partial charge is 0.410 e. The van der Waals surface area contributed by atoms with E-state index >= 15 is 0 Å². The van der Waals surface area contributed by atoms with Gasteiger partial charge in [0.15, 0.2) is 0 Å². The van der Waals surface area contributed by atoms with E-state index < -0.39 is 17.5 Å². The van der Waals surface area contributed by atoms with Crippen molar-refractivity contribution < 1.29 is 19.0 Å². The largest absolute Gasteiger partial charge is 0.444 e. The van der Waals surface area contributed by atoms with Crippen LogP contribution < -0.4 is 0 Å². The highest BCUT2D eigenvalue weighted by atomic mass is 19.1. The number of carbonyl (C=O) groups is 1. The molecule has 0 spiro atoms. The van der Waals surface area contributed by atoms with Gasteiger partial charge in [0, 0.05) is 18.7 Å². The Kier molecular flexibility index (Phi) is 8.04. The lowest BCUT2D eigenvalue weighted by atomic mass is 9.87. The van der Waals surface area contributed by atoms with Crippen molar-refractivity contribution in [2.75, 3.05) is 13.1 Å². The second-order valence-corrected chi connectivity index (χ2v) is 7.10. The Labute approximate surface area is 155 Å². The summed E-state index contributed by atoms with van der Waals surface area (Å²) in [6.07, 6.45) is -0.168. The van der Waals surface area contributed by atoms with Crippen molar-refractivity contribution in [2.24, 2.45) is 5.92 Å². The van der Waals surface area contributed by atoms with Gasteiger partial charge in [0.05, 0.1) is 17.7 Å². The number of halogens is 1. The fourth-order valence-corrected chi connectivity index (χ4v) is 2.81. The molecule has 1 aromatic rings. The molecule has 1 atom stereocenters. The van der Waals surface area contributed by atoms with Crippen LogP contribution >= 0.6 is 0 Å². The summed E-state index contributed by atoms with van der Waals surface area (Å²) in [6.45, 7) is 10.4. The summed E-state index contributed by atoms with van der Waals surface area (Å²) in [5.41, 5.74) is -0.119. The molecule has 1 fully saturated rings. The van der Waals surface area contributed by atoms with E-state index in [1.807, 2.05) is 40.7 Å². The second kappa shape index (κ2) is 9.54. The third-order valence-corrected chi connectivity index (χ3v) is 4.09. The quantitative estimate of drug-likeness (QED) is 0.844. The molecule has 1 saturated heterocycles. The molecule has 0 aromatic heterocycles. The highest BCUT2D eigenvalue weighted by Crippen LogP contribution is 2.32. The first kappa shape index (κ1) is 21.9. The molecule has 1 N–H and O–H groups in total. The first-order valence-electron chi connectivity index (χ1n) is 9.07. The Hall–Kier alpha value is -2.13. The molecule has 1 aliphatic heterocycles. The topological polar surface area (TPSA) is 73.6 Å². The number of rotatable bonds is 2. The third kappa shape index (κ3) is 5.99. The van der Waals surface area contributed by atoms with Crippen LogP contribution in [-0.4, -0.2) is 34.8 Å². The minimum Gasteiger partial charge on any atom is -0.444 e. The van der Waals surface area contributed by atoms with Gasteiger partial charge < -0.3 is 14.7 Å². The van der Waals surface area contributed by atoms with Gasteiger partial charge in [-0.1, -0.05) is 19.9 Å². The predicted octanol–water partition coefficient (Wildman–Crippen LogP) is 4.40. The molecule has 6 heteroatoms. The van der Waals surface area contributed by atoms with Gasteiger partial charge in [-0.25, -0.2) is 9.18 Å². The molecule has 0 radical (unpaired) electrons. The third-order valence-electron chi connectivity index (χ3n) is 4.09. The molecule has 5 nitrogen and oxygen atoms in total. The summed E-state index contributed by atoms with van der Waals surface area (Å²) in [6, 6.07) is 5.96. The summed E-state index contributed by atoms with van der Waals surface area (Å²) in [5.74, 6) is -0.706. The van der Waals surface area contributed by atoms with Gasteiger partial charge >= 0.3 is 6.09 Å². The number of likely N-dealkylation sites (tertiary alicyclic amines) is 1. The number of aliphatic hydroxyl groups excluding tert-OH is 1. The van der Waals surface area contributed by atoms with Gasteiger partial charge in [0.25, 0.3) is 0 Å². The SMILES string of the molecule is CC.CC(C)(C)OC(=O)N1CCC(C(O)c2ccc(C#N)cc2F)CC1. The van der Waals surface area contributed by atoms with E-state index in [4.69, 9.17) is 10.00 Å². The van der Waals surface area contributed by atoms with E-state index in [-0.39, 0.29) is 23.1 Å². The van der Waals surface area contributed by atoms with Crippen molar-refractivity contribution in [3.05, 3.63) is 35.1 Å². The predicted molar refractivity (Wildman–Crippen MR) is 98.0 cm³/mol. The number of ether oxygens (including phenoxy) is 1. The minimum absolute atomic E-state index is 0.133. The Morgan fingerprint density at radius 3 is 2.38 bits per heavy atom. The van der Waals surface area contributed by atoms with E-state index in [2.05, 4.69) is 0 Å². The summed E-state index contributed by atoms with van der Waals surface area (Å²) in [4.78, 5) is 13.7. The van der Waals surface area contributed by atoms with Gasteiger partial charge in [0.1, 0.15) is 11.4 Å². The summed E-state index contributed by atoms with van der Waals surface area (Å²) in [5, 5.41) is 19.2. The van der Waals surface area contributed by atoms with Crippen molar-refractivity contribution in [1.29, 1.82) is 5.26 Å². The van der Waals surface area contributed by atoms with E-state index in [0.29, 0.717) is 25.9 Å². The van der Waals surface area contributed by atoms with Crippen LogP contribution in [0, 0.1) is 23.1 Å². The standard InChI is InChI=1S/C18H23FN2O3.C2H6/c1-18(2,3)24-17(23)21-8-6-13(7-9-21)16(22)14-5-4-12(11-20)10-15(14)19;1-2/h4-5,10,13,16,22H,6-9H2,1-3H3;1-2H3. The number of piperidine rings is 1. The molecule has 0 bridgehead atoms. The maximum Gasteiger partial charge on any atom is 0.410 e. The Balaban J connectivity index is 0.00000163. The number of nitrogens with zero attached hydrogens (tertiary/aromatic N) is 2. The average Bonchev–Trinajstić information content (AvgIpc) is 2.61. The zero-order valence-electron chi connectivity index (χ0n) is 16.3. The van der Waals surface area contributed by atoms with Crippen molar-refractivity contribution in [3.63, 3.8) is 0 Å². The summed E-state index contributed by atoms with van der Waals surface area (Å²) in [7, 11) is 0. The fraction of sp³-hybridized carbons (Fsp3) is 0.600. The molecule has 1 aliphatic rings. The van der Waals surface area contributed by atoms with Gasteiger partial charge in [-0.3, -0.25) is 0 Å². The monoisotopic (exact) mass is 364 g/mol. The number of hydrogen-bond acceptors (Lipinski definition) is 4. The maximum atomic E-state index is 14.0. The number of hydrogen-bond donors (Lipinski definition) is 1. The fourth-order valence-electron chi connectivity index (χ4n) is 2.81. The van der Waals surface area contributed by atoms with Gasteiger partial charge in [-0.15, -0.1) is 0 Å². The van der Waals surface area contributed by atoms with Crippen LogP contribution in [0.4, 0.5) is 9.18 Å². The van der Waals surface area contributed by atoms with Crippen LogP contribution in [0.1, 0.15) is 64.7 Å². The molecular formula is C20H29FN2O3. The minimum atomic E-state index is -0.946. The molecule has 1 heterocycles.